The van der Waals surface area contributed by atoms with Crippen LogP contribution in [0.3, 0.4) is 0 Å². The summed E-state index contributed by atoms with van der Waals surface area (Å²) in [7, 11) is 0. The number of nitrogens with zero attached hydrogens (tertiary/aromatic N) is 5. The van der Waals surface area contributed by atoms with Gasteiger partial charge in [-0.2, -0.15) is 0 Å². The summed E-state index contributed by atoms with van der Waals surface area (Å²) < 4.78 is 5.95. The Kier molecular flexibility index (Phi) is 13.7. The molecule has 0 radical (unpaired) electrons. The Hall–Kier alpha value is -3.22. The molecule has 7 fully saturated rings. The Morgan fingerprint density at radius 2 is 1.52 bits per heavy atom. The van der Waals surface area contributed by atoms with Crippen LogP contribution in [0.15, 0.2) is 29.2 Å². The van der Waals surface area contributed by atoms with Gasteiger partial charge in [0.15, 0.2) is 0 Å². The molecule has 0 spiro atoms. The molecule has 3 saturated heterocycles. The van der Waals surface area contributed by atoms with Crippen molar-refractivity contribution in [3.63, 3.8) is 0 Å². The van der Waals surface area contributed by atoms with Gasteiger partial charge in [-0.05, 0) is 135 Å². The van der Waals surface area contributed by atoms with Crippen molar-refractivity contribution in [1.82, 2.24) is 19.6 Å². The van der Waals surface area contributed by atoms with Crippen LogP contribution < -0.4 is 4.90 Å². The van der Waals surface area contributed by atoms with Crippen LogP contribution in [0.25, 0.3) is 0 Å². The quantitative estimate of drug-likeness (QED) is 0.245. The van der Waals surface area contributed by atoms with E-state index >= 15 is 0 Å². The molecular formula is C50H77N5O7. The lowest BCUT2D eigenvalue weighted by atomic mass is 9.41. The molecule has 4 saturated carbocycles. The van der Waals surface area contributed by atoms with E-state index in [0.717, 1.165) is 77.7 Å². The molecule has 0 aromatic carbocycles. The van der Waals surface area contributed by atoms with E-state index in [2.05, 4.69) is 44.1 Å². The summed E-state index contributed by atoms with van der Waals surface area (Å²) in [4.78, 5) is 60.9. The van der Waals surface area contributed by atoms with Crippen molar-refractivity contribution in [3.05, 3.63) is 30.5 Å². The minimum absolute atomic E-state index is 0.00588. The number of furan rings is 1. The number of carbonyl (C=O) groups excluding carboxylic acids is 4. The largest absolute Gasteiger partial charge is 0.445 e. The molecule has 1 aromatic heterocycles. The Labute approximate surface area is 370 Å². The molecule has 3 aliphatic heterocycles. The molecule has 11 atom stereocenters. The number of anilines is 1. The Bertz CT molecular complexity index is 1780. The zero-order valence-electron chi connectivity index (χ0n) is 38.4. The number of fused-ring (bicyclic) bond motifs is 5. The fourth-order valence-corrected chi connectivity index (χ4v) is 14.8. The molecule has 7 aliphatic rings. The van der Waals surface area contributed by atoms with E-state index in [9.17, 15) is 29.4 Å². The van der Waals surface area contributed by atoms with Crippen LogP contribution in [-0.4, -0.2) is 131 Å². The van der Waals surface area contributed by atoms with Gasteiger partial charge in [-0.25, -0.2) is 0 Å². The summed E-state index contributed by atoms with van der Waals surface area (Å²) in [6, 6.07) is 3.59. The average molecular weight is 860 g/mol. The second-order valence-electron chi connectivity index (χ2n) is 21.4. The standard InChI is InChI=1S/C50H77N5O7/c1-6-37-41-30-35(56)16-20-50(41,5)40-17-21-49(4)38(11-12-39(49)47(40)48(37)61)33(3)8-13-43(58)52-22-18-34(19-23-52)31-51-24-26-53(27-25-51)44(59)14-9-36-10-15-46(62-36)55-29-28-54(32-45(55)60)42(57)7-2/h7,10,15,33-35,37-41,47-48,56,61H,2,6,8-9,11-14,16-32H2,1,3-5H3/t33-,35-,37?,38-,39+,40+,41?,47+,48-,49-,50-/m1/s1. The highest BCUT2D eigenvalue weighted by molar-refractivity contribution is 5.98. The molecule has 4 heterocycles. The number of amides is 4. The average Bonchev–Trinajstić information content (AvgIpc) is 3.90. The Balaban J connectivity index is 0.734. The van der Waals surface area contributed by atoms with Gasteiger partial charge in [0.25, 0.3) is 0 Å². The van der Waals surface area contributed by atoms with E-state index in [0.29, 0.717) is 104 Å². The number of piperidine rings is 1. The van der Waals surface area contributed by atoms with Gasteiger partial charge in [-0.3, -0.25) is 29.0 Å². The first-order valence-corrected chi connectivity index (χ1v) is 24.7. The van der Waals surface area contributed by atoms with E-state index in [-0.39, 0.29) is 53.2 Å². The topological polar surface area (TPSA) is 138 Å². The third-order valence-electron chi connectivity index (χ3n) is 18.4. The van der Waals surface area contributed by atoms with E-state index in [4.69, 9.17) is 4.42 Å². The summed E-state index contributed by atoms with van der Waals surface area (Å²) in [5.74, 6) is 4.92. The number of piperazine rings is 2. The smallest absolute Gasteiger partial charge is 0.248 e. The maximum absolute atomic E-state index is 13.6. The van der Waals surface area contributed by atoms with Crippen LogP contribution in [0, 0.1) is 58.2 Å². The number of likely N-dealkylation sites (tertiary alicyclic amines) is 1. The summed E-state index contributed by atoms with van der Waals surface area (Å²) in [6.45, 7) is 19.8. The van der Waals surface area contributed by atoms with Gasteiger partial charge in [0.2, 0.25) is 29.5 Å². The molecule has 344 valence electrons. The van der Waals surface area contributed by atoms with E-state index in [1.165, 1.54) is 36.7 Å². The number of rotatable bonds is 12. The third kappa shape index (κ3) is 8.79. The number of aliphatic hydroxyl groups excluding tert-OH is 2. The van der Waals surface area contributed by atoms with Crippen molar-refractivity contribution in [2.75, 3.05) is 70.3 Å². The Morgan fingerprint density at radius 1 is 0.839 bits per heavy atom. The van der Waals surface area contributed by atoms with Crippen LogP contribution in [0.2, 0.25) is 0 Å². The first kappa shape index (κ1) is 45.4. The summed E-state index contributed by atoms with van der Waals surface area (Å²) >= 11 is 0. The number of hydrogen-bond donors (Lipinski definition) is 2. The predicted molar refractivity (Wildman–Crippen MR) is 239 cm³/mol. The molecule has 8 rings (SSSR count). The van der Waals surface area contributed by atoms with Crippen molar-refractivity contribution in [3.8, 4) is 0 Å². The monoisotopic (exact) mass is 860 g/mol. The predicted octanol–water partition coefficient (Wildman–Crippen LogP) is 6.00. The van der Waals surface area contributed by atoms with Crippen molar-refractivity contribution in [2.45, 2.75) is 130 Å². The Morgan fingerprint density at radius 3 is 2.23 bits per heavy atom. The van der Waals surface area contributed by atoms with Crippen LogP contribution >= 0.6 is 0 Å². The molecule has 62 heavy (non-hydrogen) atoms. The first-order valence-electron chi connectivity index (χ1n) is 24.7. The number of carbonyl (C=O) groups is 4. The van der Waals surface area contributed by atoms with Gasteiger partial charge < -0.3 is 29.3 Å². The van der Waals surface area contributed by atoms with Crippen LogP contribution in [0.1, 0.15) is 117 Å². The molecule has 2 N–H and O–H groups in total. The lowest BCUT2D eigenvalue weighted by molar-refractivity contribution is -0.203. The fraction of sp³-hybridized carbons (Fsp3) is 0.800. The molecule has 2 unspecified atom stereocenters. The maximum Gasteiger partial charge on any atom is 0.248 e. The normalized spacial score (nSPS) is 36.2. The van der Waals surface area contributed by atoms with Gasteiger partial charge in [0.05, 0.1) is 12.2 Å². The molecule has 0 bridgehead atoms. The summed E-state index contributed by atoms with van der Waals surface area (Å²) in [6.07, 6.45) is 13.9. The molecule has 4 aliphatic carbocycles. The molecule has 1 aromatic rings. The summed E-state index contributed by atoms with van der Waals surface area (Å²) in [5, 5.41) is 22.7. The minimum Gasteiger partial charge on any atom is -0.445 e. The van der Waals surface area contributed by atoms with Gasteiger partial charge in [-0.1, -0.05) is 40.7 Å². The highest BCUT2D eigenvalue weighted by atomic mass is 16.4. The third-order valence-corrected chi connectivity index (χ3v) is 18.4. The number of aliphatic hydroxyl groups is 2. The highest BCUT2D eigenvalue weighted by Gasteiger charge is 2.65. The SMILES string of the molecule is C=CC(=O)N1CCN(c2ccc(CCC(=O)N3CCN(CC4CCN(C(=O)CC[C@@H](C)[C@H]5CC[C@H]6[C@@H]7[C@H](O)C(CC)C8C[C@H](O)CC[C@]8(C)[C@H]7CC[C@]56C)CC4)CC3)o2)C(=O)C1. The van der Waals surface area contributed by atoms with Crippen molar-refractivity contribution >= 4 is 29.5 Å². The van der Waals surface area contributed by atoms with Crippen molar-refractivity contribution in [2.24, 2.45) is 58.2 Å². The van der Waals surface area contributed by atoms with E-state index in [1.54, 1.807) is 11.0 Å². The van der Waals surface area contributed by atoms with Crippen LogP contribution in [-0.2, 0) is 25.6 Å². The first-order chi connectivity index (χ1) is 29.7. The molecule has 12 nitrogen and oxygen atoms in total. The zero-order valence-corrected chi connectivity index (χ0v) is 38.4. The van der Waals surface area contributed by atoms with E-state index < -0.39 is 0 Å². The zero-order chi connectivity index (χ0) is 43.9. The maximum atomic E-state index is 13.6. The van der Waals surface area contributed by atoms with Gasteiger partial charge >= 0.3 is 0 Å². The minimum atomic E-state index is -0.266. The lowest BCUT2D eigenvalue weighted by Crippen LogP contribution is -2.62. The van der Waals surface area contributed by atoms with Crippen molar-refractivity contribution < 1.29 is 33.8 Å². The lowest BCUT2D eigenvalue weighted by Gasteiger charge is -2.64. The fourth-order valence-electron chi connectivity index (χ4n) is 14.8. The molecular weight excluding hydrogens is 783 g/mol. The van der Waals surface area contributed by atoms with Crippen LogP contribution in [0.4, 0.5) is 5.88 Å². The number of hydrogen-bond acceptors (Lipinski definition) is 8. The number of aryl methyl sites for hydroxylation is 1. The highest BCUT2D eigenvalue weighted by Crippen LogP contribution is 2.69. The van der Waals surface area contributed by atoms with Gasteiger partial charge in [0.1, 0.15) is 12.3 Å². The van der Waals surface area contributed by atoms with Crippen LogP contribution in [0.5, 0.6) is 0 Å². The second kappa shape index (κ2) is 18.7. The summed E-state index contributed by atoms with van der Waals surface area (Å²) in [5.41, 5.74) is 0.444. The second-order valence-corrected chi connectivity index (χ2v) is 21.4. The van der Waals surface area contributed by atoms with Gasteiger partial charge in [-0.15, -0.1) is 0 Å². The molecule has 12 heteroatoms. The van der Waals surface area contributed by atoms with Gasteiger partial charge in [0, 0.05) is 84.2 Å². The van der Waals surface area contributed by atoms with Crippen molar-refractivity contribution in [1.29, 1.82) is 0 Å². The molecule has 4 amide bonds. The van der Waals surface area contributed by atoms with E-state index in [1.807, 2.05) is 11.0 Å².